The quantitative estimate of drug-likeness (QED) is 0.256. The zero-order valence-corrected chi connectivity index (χ0v) is 16.1. The van der Waals surface area contributed by atoms with Crippen molar-refractivity contribution in [1.29, 1.82) is 0 Å². The van der Waals surface area contributed by atoms with E-state index in [-0.39, 0.29) is 0 Å². The maximum atomic E-state index is 6.02. The fourth-order valence-corrected chi connectivity index (χ4v) is 4.53. The molecule has 0 aliphatic heterocycles. The third-order valence-corrected chi connectivity index (χ3v) is 7.27. The Balaban J connectivity index is 2.21. The monoisotopic (exact) mass is 341 g/mol. The van der Waals surface area contributed by atoms with Crippen LogP contribution in [0.1, 0.15) is 38.2 Å². The van der Waals surface area contributed by atoms with Crippen molar-refractivity contribution < 1.29 is 8.85 Å². The lowest BCUT2D eigenvalue weighted by molar-refractivity contribution is 0.186. The minimum absolute atomic E-state index is 0.510. The Labute approximate surface area is 142 Å². The maximum Gasteiger partial charge on any atom is 0.335 e. The van der Waals surface area contributed by atoms with Crippen molar-refractivity contribution in [2.45, 2.75) is 57.0 Å². The van der Waals surface area contributed by atoms with Crippen molar-refractivity contribution in [2.75, 3.05) is 13.8 Å². The van der Waals surface area contributed by atoms with E-state index in [4.69, 9.17) is 8.85 Å². The van der Waals surface area contributed by atoms with Gasteiger partial charge in [0.25, 0.3) is 0 Å². The first-order valence-electron chi connectivity index (χ1n) is 8.21. The van der Waals surface area contributed by atoms with Crippen LogP contribution in [-0.4, -0.2) is 27.7 Å². The molecular formula is C17H31NO2SSi. The lowest BCUT2D eigenvalue weighted by Gasteiger charge is -2.25. The van der Waals surface area contributed by atoms with Crippen molar-refractivity contribution in [2.24, 2.45) is 0 Å². The molecular weight excluding hydrogens is 310 g/mol. The zero-order valence-electron chi connectivity index (χ0n) is 14.2. The predicted octanol–water partition coefficient (Wildman–Crippen LogP) is 4.35. The number of nitrogens with one attached hydrogen (secondary N) is 1. The summed E-state index contributed by atoms with van der Waals surface area (Å²) in [6.07, 6.45) is 4.66. The van der Waals surface area contributed by atoms with Gasteiger partial charge in [-0.3, -0.25) is 5.32 Å². The van der Waals surface area contributed by atoms with E-state index in [1.165, 1.54) is 18.4 Å². The molecule has 1 N–H and O–H groups in total. The molecule has 0 saturated heterocycles. The highest BCUT2D eigenvalue weighted by Crippen LogP contribution is 2.20. The Hall–Kier alpha value is -0.333. The highest BCUT2D eigenvalue weighted by atomic mass is 32.1. The normalized spacial score (nSPS) is 15.5. The Morgan fingerprint density at radius 2 is 1.95 bits per heavy atom. The van der Waals surface area contributed by atoms with Gasteiger partial charge in [-0.2, -0.15) is 12.6 Å². The Bertz CT molecular complexity index is 394. The molecule has 0 radical (unpaired) electrons. The number of thiol groups is 1. The van der Waals surface area contributed by atoms with E-state index in [1.807, 2.05) is 6.07 Å². The Morgan fingerprint density at radius 1 is 1.23 bits per heavy atom. The summed E-state index contributed by atoms with van der Waals surface area (Å²) in [7, 11) is -0.276. The van der Waals surface area contributed by atoms with E-state index in [1.54, 1.807) is 7.11 Å². The predicted molar refractivity (Wildman–Crippen MR) is 99.6 cm³/mol. The molecule has 0 aliphatic carbocycles. The molecule has 1 aromatic carbocycles. The Kier molecular flexibility index (Phi) is 10.1. The van der Waals surface area contributed by atoms with Crippen LogP contribution in [0.15, 0.2) is 30.3 Å². The second-order valence-electron chi connectivity index (χ2n) is 5.87. The first kappa shape index (κ1) is 19.7. The van der Waals surface area contributed by atoms with Crippen LogP contribution >= 0.6 is 12.6 Å². The molecule has 2 unspecified atom stereocenters. The first-order valence-corrected chi connectivity index (χ1v) is 11.3. The fraction of sp³-hybridized carbons (Fsp3) is 0.647. The summed E-state index contributed by atoms with van der Waals surface area (Å²) in [6, 6.07) is 11.4. The summed E-state index contributed by atoms with van der Waals surface area (Å²) >= 11 is 4.62. The smallest absolute Gasteiger partial charge is 0.335 e. The summed E-state index contributed by atoms with van der Waals surface area (Å²) < 4.78 is 11.7. The molecule has 0 fully saturated rings. The molecule has 0 bridgehead atoms. The van der Waals surface area contributed by atoms with Gasteiger partial charge in [0, 0.05) is 18.9 Å². The molecule has 1 rings (SSSR count). The molecule has 5 heteroatoms. The number of hydrogen-bond acceptors (Lipinski definition) is 4. The van der Waals surface area contributed by atoms with Crippen LogP contribution in [0.2, 0.25) is 12.6 Å². The fourth-order valence-electron chi connectivity index (χ4n) is 2.36. The summed E-state index contributed by atoms with van der Waals surface area (Å²) in [5.74, 6) is 0. The highest BCUT2D eigenvalue weighted by Gasteiger charge is 2.29. The van der Waals surface area contributed by atoms with Gasteiger partial charge in [-0.15, -0.1) is 0 Å². The second kappa shape index (κ2) is 11.2. The average molecular weight is 342 g/mol. The van der Waals surface area contributed by atoms with E-state index in [0.29, 0.717) is 12.0 Å². The van der Waals surface area contributed by atoms with Gasteiger partial charge < -0.3 is 8.85 Å². The molecule has 2 atom stereocenters. The number of rotatable bonds is 12. The summed E-state index contributed by atoms with van der Waals surface area (Å²) in [6.45, 7) is 5.72. The molecule has 22 heavy (non-hydrogen) atoms. The van der Waals surface area contributed by atoms with Crippen molar-refractivity contribution >= 4 is 21.2 Å². The molecule has 126 valence electrons. The number of hydrogen-bond donors (Lipinski definition) is 2. The van der Waals surface area contributed by atoms with E-state index in [9.17, 15) is 0 Å². The SMILES string of the molecule is CCCC(S)CCC[Si](C)(OC)OCNCc1ccccc1. The van der Waals surface area contributed by atoms with Crippen LogP contribution in [0, 0.1) is 0 Å². The summed E-state index contributed by atoms with van der Waals surface area (Å²) in [5.41, 5.74) is 1.27. The molecule has 0 saturated carbocycles. The van der Waals surface area contributed by atoms with Gasteiger partial charge in [0.05, 0.1) is 6.73 Å². The third kappa shape index (κ3) is 8.34. The van der Waals surface area contributed by atoms with Crippen molar-refractivity contribution in [1.82, 2.24) is 5.32 Å². The number of benzene rings is 1. The van der Waals surface area contributed by atoms with E-state index in [0.717, 1.165) is 25.4 Å². The Morgan fingerprint density at radius 3 is 2.59 bits per heavy atom. The van der Waals surface area contributed by atoms with Crippen molar-refractivity contribution in [3.8, 4) is 0 Å². The average Bonchev–Trinajstić information content (AvgIpc) is 2.53. The van der Waals surface area contributed by atoms with Crippen LogP contribution in [0.3, 0.4) is 0 Å². The summed E-state index contributed by atoms with van der Waals surface area (Å²) in [4.78, 5) is 0. The highest BCUT2D eigenvalue weighted by molar-refractivity contribution is 7.80. The largest absolute Gasteiger partial charge is 0.398 e. The van der Waals surface area contributed by atoms with Crippen LogP contribution in [-0.2, 0) is 15.4 Å². The molecule has 0 spiro atoms. The van der Waals surface area contributed by atoms with Gasteiger partial charge in [0.1, 0.15) is 0 Å². The van der Waals surface area contributed by atoms with Gasteiger partial charge in [0.2, 0.25) is 0 Å². The standard InChI is InChI=1S/C17H31NO2SSi/c1-4-9-17(21)12-8-13-22(3,19-2)20-15-18-14-16-10-6-5-7-11-16/h5-7,10-11,17-18,21H,4,8-9,12-15H2,1-3H3. The van der Waals surface area contributed by atoms with Crippen LogP contribution in [0.4, 0.5) is 0 Å². The van der Waals surface area contributed by atoms with Crippen LogP contribution in [0.25, 0.3) is 0 Å². The van der Waals surface area contributed by atoms with E-state index in [2.05, 4.69) is 55.7 Å². The molecule has 0 heterocycles. The lowest BCUT2D eigenvalue weighted by atomic mass is 10.2. The molecule has 0 aliphatic rings. The topological polar surface area (TPSA) is 30.5 Å². The van der Waals surface area contributed by atoms with Gasteiger partial charge in [-0.05, 0) is 31.0 Å². The van der Waals surface area contributed by atoms with E-state index >= 15 is 0 Å². The maximum absolute atomic E-state index is 6.02. The van der Waals surface area contributed by atoms with Crippen LogP contribution in [0.5, 0.6) is 0 Å². The van der Waals surface area contributed by atoms with Gasteiger partial charge >= 0.3 is 8.56 Å². The van der Waals surface area contributed by atoms with Gasteiger partial charge in [0.15, 0.2) is 0 Å². The lowest BCUT2D eigenvalue weighted by Crippen LogP contribution is -2.40. The second-order valence-corrected chi connectivity index (χ2v) is 10.1. The van der Waals surface area contributed by atoms with Gasteiger partial charge in [-0.25, -0.2) is 0 Å². The van der Waals surface area contributed by atoms with Crippen LogP contribution < -0.4 is 5.32 Å². The minimum Gasteiger partial charge on any atom is -0.398 e. The molecule has 0 aromatic heterocycles. The first-order chi connectivity index (χ1) is 10.6. The van der Waals surface area contributed by atoms with Crippen molar-refractivity contribution in [3.05, 3.63) is 35.9 Å². The van der Waals surface area contributed by atoms with E-state index < -0.39 is 8.56 Å². The van der Waals surface area contributed by atoms with Crippen molar-refractivity contribution in [3.63, 3.8) is 0 Å². The molecule has 1 aromatic rings. The third-order valence-electron chi connectivity index (χ3n) is 3.87. The van der Waals surface area contributed by atoms with Gasteiger partial charge in [-0.1, -0.05) is 50.1 Å². The minimum atomic E-state index is -2.05. The molecule has 0 amide bonds. The zero-order chi connectivity index (χ0) is 16.3. The summed E-state index contributed by atoms with van der Waals surface area (Å²) in [5, 5.41) is 3.84. The molecule has 3 nitrogen and oxygen atoms in total.